The normalized spacial score (nSPS) is 16.2. The second-order valence-electron chi connectivity index (χ2n) is 8.29. The number of fused-ring (bicyclic) bond motifs is 1. The Labute approximate surface area is 194 Å². The van der Waals surface area contributed by atoms with Crippen LogP contribution in [-0.4, -0.2) is 56.3 Å². The van der Waals surface area contributed by atoms with Crippen LogP contribution in [0.5, 0.6) is 0 Å². The molecule has 1 atom stereocenters. The van der Waals surface area contributed by atoms with Crippen LogP contribution in [0.2, 0.25) is 0 Å². The van der Waals surface area contributed by atoms with Crippen molar-refractivity contribution in [3.63, 3.8) is 0 Å². The Balaban J connectivity index is 1.60. The first-order chi connectivity index (χ1) is 16.4. The molecule has 1 unspecified atom stereocenters. The minimum absolute atomic E-state index is 0.164. The average Bonchev–Trinajstić information content (AvgIpc) is 3.16. The smallest absolute Gasteiger partial charge is 0.407 e. The van der Waals surface area contributed by atoms with E-state index >= 15 is 8.78 Å². The Bertz CT molecular complexity index is 1350. The van der Waals surface area contributed by atoms with Crippen LogP contribution in [0, 0.1) is 18.6 Å². The fourth-order valence-electron chi connectivity index (χ4n) is 4.31. The number of halogens is 2. The van der Waals surface area contributed by atoms with Gasteiger partial charge in [0, 0.05) is 30.9 Å². The van der Waals surface area contributed by atoms with Crippen LogP contribution in [0.25, 0.3) is 28.2 Å². The van der Waals surface area contributed by atoms with E-state index in [0.29, 0.717) is 22.6 Å². The summed E-state index contributed by atoms with van der Waals surface area (Å²) in [4.78, 5) is 21.5. The summed E-state index contributed by atoms with van der Waals surface area (Å²) in [5.74, 6) is -1.50. The summed E-state index contributed by atoms with van der Waals surface area (Å²) < 4.78 is 38.3. The highest BCUT2D eigenvalue weighted by molar-refractivity contribution is 5.72. The number of nitrogens with zero attached hydrogens (tertiary/aromatic N) is 4. The third kappa shape index (κ3) is 4.10. The summed E-state index contributed by atoms with van der Waals surface area (Å²) in [5.41, 5.74) is 2.77. The lowest BCUT2D eigenvalue weighted by atomic mass is 10.0. The lowest BCUT2D eigenvalue weighted by Gasteiger charge is -2.31. The molecule has 174 valence electrons. The molecule has 9 heteroatoms. The molecule has 4 aromatic rings. The molecule has 5 rings (SSSR count). The zero-order valence-corrected chi connectivity index (χ0v) is 18.4. The van der Waals surface area contributed by atoms with E-state index in [4.69, 9.17) is 4.74 Å². The van der Waals surface area contributed by atoms with Crippen LogP contribution >= 0.6 is 0 Å². The fraction of sp³-hybridized carbons (Fsp3) is 0.240. The molecule has 34 heavy (non-hydrogen) atoms. The van der Waals surface area contributed by atoms with Crippen LogP contribution in [-0.2, 0) is 11.2 Å². The number of carboxylic acid groups (broad SMARTS) is 1. The Morgan fingerprint density at radius 3 is 2.71 bits per heavy atom. The number of rotatable bonds is 4. The maximum atomic E-state index is 15.4. The van der Waals surface area contributed by atoms with Gasteiger partial charge in [0.05, 0.1) is 41.9 Å². The lowest BCUT2D eigenvalue weighted by molar-refractivity contribution is -0.0214. The molecule has 4 heterocycles. The standard InChI is InChI=1S/C25H22F2N4O3/c1-15-5-7-31-21(13-17-14-30(25(32)33)8-9-34-17)24(29-22(31)10-15)23-18(26)11-16(12-19(23)27)20-4-2-3-6-28-20/h2-7,10-12,17H,8-9,13-14H2,1H3,(H,32,33). The van der Waals surface area contributed by atoms with Crippen molar-refractivity contribution in [2.24, 2.45) is 0 Å². The zero-order valence-electron chi connectivity index (χ0n) is 18.4. The first-order valence-electron chi connectivity index (χ1n) is 10.9. The second kappa shape index (κ2) is 8.83. The van der Waals surface area contributed by atoms with Crippen molar-refractivity contribution in [2.75, 3.05) is 19.7 Å². The molecular formula is C25H22F2N4O3. The summed E-state index contributed by atoms with van der Waals surface area (Å²) in [6, 6.07) is 11.4. The van der Waals surface area contributed by atoms with Crippen molar-refractivity contribution < 1.29 is 23.4 Å². The van der Waals surface area contributed by atoms with E-state index in [1.54, 1.807) is 35.0 Å². The summed E-state index contributed by atoms with van der Waals surface area (Å²) in [6.07, 6.45) is 2.11. The molecule has 1 aliphatic rings. The molecule has 0 saturated carbocycles. The number of carbonyl (C=O) groups is 1. The number of aryl methyl sites for hydroxylation is 1. The van der Waals surface area contributed by atoms with Gasteiger partial charge in [-0.25, -0.2) is 18.6 Å². The summed E-state index contributed by atoms with van der Waals surface area (Å²) in [6.45, 7) is 2.61. The van der Waals surface area contributed by atoms with Crippen LogP contribution < -0.4 is 0 Å². The number of benzene rings is 1. The van der Waals surface area contributed by atoms with Gasteiger partial charge in [0.1, 0.15) is 17.3 Å². The maximum Gasteiger partial charge on any atom is 0.407 e. The van der Waals surface area contributed by atoms with Gasteiger partial charge in [-0.05, 0) is 48.9 Å². The lowest BCUT2D eigenvalue weighted by Crippen LogP contribution is -2.45. The SMILES string of the molecule is Cc1ccn2c(CC3CN(C(=O)O)CCO3)c(-c3c(F)cc(-c4ccccn4)cc3F)nc2c1. The Hall–Kier alpha value is -3.85. The molecule has 1 aliphatic heterocycles. The van der Waals surface area contributed by atoms with E-state index < -0.39 is 23.8 Å². The van der Waals surface area contributed by atoms with Gasteiger partial charge in [0.25, 0.3) is 0 Å². The predicted molar refractivity (Wildman–Crippen MR) is 122 cm³/mol. The van der Waals surface area contributed by atoms with Gasteiger partial charge in [-0.1, -0.05) is 6.07 Å². The molecule has 0 spiro atoms. The molecular weight excluding hydrogens is 442 g/mol. The highest BCUT2D eigenvalue weighted by Crippen LogP contribution is 2.33. The Kier molecular flexibility index (Phi) is 5.70. The number of amides is 1. The number of aromatic nitrogens is 3. The first-order valence-corrected chi connectivity index (χ1v) is 10.9. The van der Waals surface area contributed by atoms with Crippen LogP contribution in [0.4, 0.5) is 13.6 Å². The topological polar surface area (TPSA) is 80.0 Å². The molecule has 0 radical (unpaired) electrons. The number of hydrogen-bond donors (Lipinski definition) is 1. The van der Waals surface area contributed by atoms with Gasteiger partial charge < -0.3 is 19.1 Å². The molecule has 1 N–H and O–H groups in total. The van der Waals surface area contributed by atoms with E-state index in [1.807, 2.05) is 19.1 Å². The number of pyridine rings is 2. The van der Waals surface area contributed by atoms with Gasteiger partial charge in [-0.3, -0.25) is 4.98 Å². The van der Waals surface area contributed by atoms with Crippen molar-refractivity contribution in [1.82, 2.24) is 19.3 Å². The number of imidazole rings is 1. The molecule has 1 amide bonds. The van der Waals surface area contributed by atoms with Crippen LogP contribution in [0.1, 0.15) is 11.3 Å². The summed E-state index contributed by atoms with van der Waals surface area (Å²) >= 11 is 0. The molecule has 0 bridgehead atoms. The third-order valence-electron chi connectivity index (χ3n) is 5.95. The fourth-order valence-corrected chi connectivity index (χ4v) is 4.31. The van der Waals surface area contributed by atoms with Crippen molar-refractivity contribution in [3.05, 3.63) is 77.8 Å². The van der Waals surface area contributed by atoms with Gasteiger partial charge in [-0.15, -0.1) is 0 Å². The molecule has 7 nitrogen and oxygen atoms in total. The molecule has 1 aromatic carbocycles. The monoisotopic (exact) mass is 464 g/mol. The van der Waals surface area contributed by atoms with Crippen molar-refractivity contribution in [1.29, 1.82) is 0 Å². The van der Waals surface area contributed by atoms with Crippen molar-refractivity contribution in [3.8, 4) is 22.5 Å². The largest absolute Gasteiger partial charge is 0.465 e. The van der Waals surface area contributed by atoms with E-state index in [0.717, 1.165) is 5.56 Å². The second-order valence-corrected chi connectivity index (χ2v) is 8.29. The maximum absolute atomic E-state index is 15.4. The van der Waals surface area contributed by atoms with Gasteiger partial charge in [-0.2, -0.15) is 0 Å². The minimum atomic E-state index is -1.02. The van der Waals surface area contributed by atoms with E-state index in [2.05, 4.69) is 9.97 Å². The van der Waals surface area contributed by atoms with Gasteiger partial charge in [0.15, 0.2) is 0 Å². The predicted octanol–water partition coefficient (Wildman–Crippen LogP) is 4.57. The molecule has 1 saturated heterocycles. The molecule has 1 fully saturated rings. The van der Waals surface area contributed by atoms with E-state index in [9.17, 15) is 9.90 Å². The van der Waals surface area contributed by atoms with Gasteiger partial charge in [0.2, 0.25) is 0 Å². The minimum Gasteiger partial charge on any atom is -0.465 e. The van der Waals surface area contributed by atoms with Gasteiger partial charge >= 0.3 is 6.09 Å². The third-order valence-corrected chi connectivity index (χ3v) is 5.95. The molecule has 0 aliphatic carbocycles. The number of hydrogen-bond acceptors (Lipinski definition) is 4. The van der Waals surface area contributed by atoms with E-state index in [-0.39, 0.29) is 37.4 Å². The Morgan fingerprint density at radius 1 is 1.21 bits per heavy atom. The summed E-state index contributed by atoms with van der Waals surface area (Å²) in [7, 11) is 0. The van der Waals surface area contributed by atoms with Crippen LogP contribution in [0.15, 0.2) is 54.9 Å². The Morgan fingerprint density at radius 2 is 2.00 bits per heavy atom. The quantitative estimate of drug-likeness (QED) is 0.479. The highest BCUT2D eigenvalue weighted by Gasteiger charge is 2.28. The highest BCUT2D eigenvalue weighted by atomic mass is 19.1. The van der Waals surface area contributed by atoms with E-state index in [1.165, 1.54) is 17.0 Å². The average molecular weight is 464 g/mol. The zero-order chi connectivity index (χ0) is 23.8. The first kappa shape index (κ1) is 22.0. The van der Waals surface area contributed by atoms with Crippen LogP contribution in [0.3, 0.4) is 0 Å². The molecule has 3 aromatic heterocycles. The number of morpholine rings is 1. The summed E-state index contributed by atoms with van der Waals surface area (Å²) in [5, 5.41) is 9.36. The number of ether oxygens (including phenoxy) is 1. The van der Waals surface area contributed by atoms with Crippen molar-refractivity contribution >= 4 is 11.7 Å². The van der Waals surface area contributed by atoms with Crippen molar-refractivity contribution in [2.45, 2.75) is 19.4 Å².